The molecule has 0 radical (unpaired) electrons. The van der Waals surface area contributed by atoms with Crippen LogP contribution in [0.5, 0.6) is 0 Å². The van der Waals surface area contributed by atoms with Gasteiger partial charge in [-0.3, -0.25) is 4.79 Å². The second kappa shape index (κ2) is 6.32. The van der Waals surface area contributed by atoms with E-state index >= 15 is 0 Å². The molecular formula is C13H9Br2F2NOS. The molecule has 1 atom stereocenters. The molecule has 0 saturated heterocycles. The number of hydrogen-bond acceptors (Lipinski definition) is 2. The average Bonchev–Trinajstić information content (AvgIpc) is 2.69. The number of carbonyl (C=O) groups excluding carboxylic acids is 1. The summed E-state index contributed by atoms with van der Waals surface area (Å²) < 4.78 is 28.8. The largest absolute Gasteiger partial charge is 0.345 e. The maximum absolute atomic E-state index is 13.6. The van der Waals surface area contributed by atoms with E-state index in [1.54, 1.807) is 6.07 Å². The van der Waals surface area contributed by atoms with Crippen LogP contribution in [0.15, 0.2) is 32.5 Å². The lowest BCUT2D eigenvalue weighted by Crippen LogP contribution is -2.27. The van der Waals surface area contributed by atoms with Gasteiger partial charge in [-0.1, -0.05) is 6.07 Å². The van der Waals surface area contributed by atoms with Gasteiger partial charge in [0.2, 0.25) is 0 Å². The molecule has 0 saturated carbocycles. The van der Waals surface area contributed by atoms with Gasteiger partial charge in [0.05, 0.1) is 14.7 Å². The van der Waals surface area contributed by atoms with Gasteiger partial charge >= 0.3 is 0 Å². The van der Waals surface area contributed by atoms with Crippen LogP contribution in [0.3, 0.4) is 0 Å². The van der Waals surface area contributed by atoms with Crippen molar-refractivity contribution in [1.29, 1.82) is 0 Å². The molecule has 1 N–H and O–H groups in total. The minimum Gasteiger partial charge on any atom is -0.345 e. The lowest BCUT2D eigenvalue weighted by Gasteiger charge is -2.15. The molecule has 1 aromatic heterocycles. The third-order valence-corrected chi connectivity index (χ3v) is 5.90. The Labute approximate surface area is 135 Å². The average molecular weight is 425 g/mol. The number of hydrogen-bond donors (Lipinski definition) is 1. The summed E-state index contributed by atoms with van der Waals surface area (Å²) in [4.78, 5) is 12.5. The molecule has 7 heteroatoms. The van der Waals surface area contributed by atoms with Crippen LogP contribution in [0.25, 0.3) is 0 Å². The maximum Gasteiger partial charge on any atom is 0.261 e. The Kier molecular flexibility index (Phi) is 4.93. The van der Waals surface area contributed by atoms with Crippen molar-refractivity contribution in [2.45, 2.75) is 13.0 Å². The smallest absolute Gasteiger partial charge is 0.261 e. The highest BCUT2D eigenvalue weighted by Gasteiger charge is 2.20. The molecule has 2 nitrogen and oxygen atoms in total. The fourth-order valence-corrected chi connectivity index (χ4v) is 3.66. The first-order chi connectivity index (χ1) is 9.40. The third-order valence-electron chi connectivity index (χ3n) is 2.65. The molecule has 0 spiro atoms. The van der Waals surface area contributed by atoms with Gasteiger partial charge in [0.25, 0.3) is 5.91 Å². The molecule has 2 rings (SSSR count). The molecule has 0 fully saturated rings. The number of benzene rings is 1. The Hall–Kier alpha value is -0.790. The van der Waals surface area contributed by atoms with E-state index in [0.717, 1.165) is 8.26 Å². The number of carbonyl (C=O) groups is 1. The van der Waals surface area contributed by atoms with Crippen molar-refractivity contribution in [1.82, 2.24) is 5.32 Å². The first kappa shape index (κ1) is 15.6. The minimum atomic E-state index is -0.761. The van der Waals surface area contributed by atoms with Gasteiger partial charge < -0.3 is 5.32 Å². The Balaban J connectivity index is 2.19. The van der Waals surface area contributed by atoms with E-state index in [0.29, 0.717) is 4.88 Å². The quantitative estimate of drug-likeness (QED) is 0.734. The molecule has 1 aromatic carbocycles. The summed E-state index contributed by atoms with van der Waals surface area (Å²) >= 11 is 7.81. The number of rotatable bonds is 3. The molecule has 0 bridgehead atoms. The van der Waals surface area contributed by atoms with Crippen molar-refractivity contribution in [3.8, 4) is 0 Å². The Morgan fingerprint density at radius 3 is 2.40 bits per heavy atom. The summed E-state index contributed by atoms with van der Waals surface area (Å²) in [5.74, 6) is -1.73. The standard InChI is InChI=1S/C13H9Br2F2NOS/c1-6(11-8(16)3-2-4-9(11)17)18-13(19)10-5-7(14)12(15)20-10/h2-6H,1H3,(H,18,19). The van der Waals surface area contributed by atoms with E-state index in [2.05, 4.69) is 37.2 Å². The lowest BCUT2D eigenvalue weighted by molar-refractivity contribution is 0.0943. The van der Waals surface area contributed by atoms with Crippen molar-refractivity contribution in [2.24, 2.45) is 0 Å². The van der Waals surface area contributed by atoms with Crippen LogP contribution in [-0.2, 0) is 0 Å². The summed E-state index contributed by atoms with van der Waals surface area (Å²) in [5.41, 5.74) is -0.143. The molecular weight excluding hydrogens is 416 g/mol. The van der Waals surface area contributed by atoms with Crippen LogP contribution in [-0.4, -0.2) is 5.91 Å². The van der Waals surface area contributed by atoms with Crippen LogP contribution in [0, 0.1) is 11.6 Å². The Morgan fingerprint density at radius 2 is 1.90 bits per heavy atom. The SMILES string of the molecule is CC(NC(=O)c1cc(Br)c(Br)s1)c1c(F)cccc1F. The lowest BCUT2D eigenvalue weighted by atomic mass is 10.1. The first-order valence-electron chi connectivity index (χ1n) is 5.59. The summed E-state index contributed by atoms with van der Waals surface area (Å²) in [5, 5.41) is 2.58. The van der Waals surface area contributed by atoms with E-state index in [9.17, 15) is 13.6 Å². The molecule has 1 unspecified atom stereocenters. The molecule has 2 aromatic rings. The van der Waals surface area contributed by atoms with E-state index < -0.39 is 17.7 Å². The zero-order valence-electron chi connectivity index (χ0n) is 10.2. The zero-order valence-corrected chi connectivity index (χ0v) is 14.2. The fourth-order valence-electron chi connectivity index (χ4n) is 1.72. The second-order valence-corrected chi connectivity index (χ2v) is 7.29. The van der Waals surface area contributed by atoms with Crippen molar-refractivity contribution in [3.63, 3.8) is 0 Å². The van der Waals surface area contributed by atoms with Gasteiger partial charge in [0.1, 0.15) is 11.6 Å². The summed E-state index contributed by atoms with van der Waals surface area (Å²) in [6.07, 6.45) is 0. The highest BCUT2D eigenvalue weighted by molar-refractivity contribution is 9.13. The van der Waals surface area contributed by atoms with Gasteiger partial charge in [0.15, 0.2) is 0 Å². The fraction of sp³-hybridized carbons (Fsp3) is 0.154. The monoisotopic (exact) mass is 423 g/mol. The van der Waals surface area contributed by atoms with Crippen molar-refractivity contribution in [3.05, 3.63) is 54.6 Å². The van der Waals surface area contributed by atoms with Crippen LogP contribution in [0.2, 0.25) is 0 Å². The zero-order chi connectivity index (χ0) is 14.9. The summed E-state index contributed by atoms with van der Waals surface area (Å²) in [6.45, 7) is 1.54. The molecule has 20 heavy (non-hydrogen) atoms. The van der Waals surface area contributed by atoms with Crippen molar-refractivity contribution >= 4 is 49.1 Å². The second-order valence-electron chi connectivity index (χ2n) is 4.06. The number of halogens is 4. The molecule has 106 valence electrons. The Morgan fingerprint density at radius 1 is 1.30 bits per heavy atom. The van der Waals surface area contributed by atoms with Gasteiger partial charge in [0, 0.05) is 10.0 Å². The van der Waals surface area contributed by atoms with Crippen molar-refractivity contribution < 1.29 is 13.6 Å². The Bertz CT molecular complexity index is 620. The molecule has 1 amide bonds. The predicted molar refractivity (Wildman–Crippen MR) is 82.0 cm³/mol. The van der Waals surface area contributed by atoms with Crippen LogP contribution >= 0.6 is 43.2 Å². The first-order valence-corrected chi connectivity index (χ1v) is 8.00. The number of thiophene rings is 1. The van der Waals surface area contributed by atoms with E-state index in [4.69, 9.17) is 0 Å². The molecule has 0 aliphatic rings. The topological polar surface area (TPSA) is 29.1 Å². The maximum atomic E-state index is 13.6. The van der Waals surface area contributed by atoms with E-state index in [1.807, 2.05) is 0 Å². The normalized spacial score (nSPS) is 12.2. The highest BCUT2D eigenvalue weighted by Crippen LogP contribution is 2.32. The van der Waals surface area contributed by atoms with Gasteiger partial charge in [-0.25, -0.2) is 8.78 Å². The molecule has 0 aliphatic carbocycles. The van der Waals surface area contributed by atoms with Crippen LogP contribution < -0.4 is 5.32 Å². The highest BCUT2D eigenvalue weighted by atomic mass is 79.9. The van der Waals surface area contributed by atoms with Crippen LogP contribution in [0.4, 0.5) is 8.78 Å². The van der Waals surface area contributed by atoms with Gasteiger partial charge in [-0.15, -0.1) is 11.3 Å². The van der Waals surface area contributed by atoms with Crippen LogP contribution in [0.1, 0.15) is 28.2 Å². The van der Waals surface area contributed by atoms with Gasteiger partial charge in [-0.05, 0) is 57.0 Å². The predicted octanol–water partition coefficient (Wildman–Crippen LogP) is 5.04. The van der Waals surface area contributed by atoms with E-state index in [-0.39, 0.29) is 11.5 Å². The molecule has 1 heterocycles. The summed E-state index contributed by atoms with van der Waals surface area (Å²) in [6, 6.07) is 4.51. The van der Waals surface area contributed by atoms with Crippen molar-refractivity contribution in [2.75, 3.05) is 0 Å². The van der Waals surface area contributed by atoms with E-state index in [1.165, 1.54) is 36.5 Å². The number of amides is 1. The number of nitrogens with one attached hydrogen (secondary N) is 1. The third kappa shape index (κ3) is 3.27. The molecule has 0 aliphatic heterocycles. The van der Waals surface area contributed by atoms with Gasteiger partial charge in [-0.2, -0.15) is 0 Å². The summed E-state index contributed by atoms with van der Waals surface area (Å²) in [7, 11) is 0. The minimum absolute atomic E-state index is 0.143.